The first-order valence-corrected chi connectivity index (χ1v) is 9.92. The molecule has 132 valence electrons. The van der Waals surface area contributed by atoms with Gasteiger partial charge in [0.05, 0.1) is 6.04 Å². The molecule has 0 spiro atoms. The normalized spacial score (nSPS) is 21.8. The average Bonchev–Trinajstić information content (AvgIpc) is 3.08. The van der Waals surface area contributed by atoms with Gasteiger partial charge in [-0.1, -0.05) is 40.9 Å². The van der Waals surface area contributed by atoms with Crippen LogP contribution in [-0.2, 0) is 11.3 Å². The Kier molecular flexibility index (Phi) is 6.31. The maximum Gasteiger partial charge on any atom is 0.237 e. The second kappa shape index (κ2) is 8.45. The molecule has 4 nitrogen and oxygen atoms in total. The number of nitrogens with zero attached hydrogens (tertiary/aromatic N) is 2. The van der Waals surface area contributed by atoms with Crippen LogP contribution >= 0.6 is 15.9 Å². The van der Waals surface area contributed by atoms with Crippen LogP contribution in [0.15, 0.2) is 28.7 Å². The molecular formula is C19H28BrN3O. The monoisotopic (exact) mass is 393 g/mol. The first-order chi connectivity index (χ1) is 11.6. The van der Waals surface area contributed by atoms with Gasteiger partial charge < -0.3 is 5.32 Å². The van der Waals surface area contributed by atoms with Gasteiger partial charge in [-0.15, -0.1) is 0 Å². The summed E-state index contributed by atoms with van der Waals surface area (Å²) in [5.41, 5.74) is 1.34. The highest BCUT2D eigenvalue weighted by Crippen LogP contribution is 2.18. The fourth-order valence-electron chi connectivity index (χ4n) is 3.76. The van der Waals surface area contributed by atoms with Crippen LogP contribution in [0.1, 0.15) is 38.2 Å². The van der Waals surface area contributed by atoms with Crippen molar-refractivity contribution in [1.82, 2.24) is 15.1 Å². The Bertz CT molecular complexity index is 551. The Hall–Kier alpha value is -0.910. The SMILES string of the molecule is CC(C(=O)NC1CCCC1)N1CCN(Cc2cccc(Br)c2)CC1. The van der Waals surface area contributed by atoms with Crippen molar-refractivity contribution in [3.8, 4) is 0 Å². The third kappa shape index (κ3) is 4.80. The summed E-state index contributed by atoms with van der Waals surface area (Å²) >= 11 is 3.54. The van der Waals surface area contributed by atoms with Crippen molar-refractivity contribution in [3.05, 3.63) is 34.3 Å². The van der Waals surface area contributed by atoms with Crippen LogP contribution in [0, 0.1) is 0 Å². The zero-order valence-electron chi connectivity index (χ0n) is 14.5. The first kappa shape index (κ1) is 17.9. The Balaban J connectivity index is 1.44. The largest absolute Gasteiger partial charge is 0.352 e. The molecule has 2 aliphatic rings. The van der Waals surface area contributed by atoms with Crippen molar-refractivity contribution in [1.29, 1.82) is 0 Å². The highest BCUT2D eigenvalue weighted by Gasteiger charge is 2.27. The highest BCUT2D eigenvalue weighted by atomic mass is 79.9. The van der Waals surface area contributed by atoms with Crippen molar-refractivity contribution in [2.24, 2.45) is 0 Å². The Morgan fingerprint density at radius 3 is 2.62 bits per heavy atom. The van der Waals surface area contributed by atoms with Gasteiger partial charge in [0.25, 0.3) is 0 Å². The van der Waals surface area contributed by atoms with Crippen molar-refractivity contribution in [3.63, 3.8) is 0 Å². The summed E-state index contributed by atoms with van der Waals surface area (Å²) in [6.07, 6.45) is 4.82. The van der Waals surface area contributed by atoms with E-state index in [1.54, 1.807) is 0 Å². The molecule has 1 N–H and O–H groups in total. The number of halogens is 1. The molecule has 1 aliphatic heterocycles. The molecule has 1 amide bonds. The van der Waals surface area contributed by atoms with E-state index in [0.29, 0.717) is 6.04 Å². The molecule has 1 heterocycles. The van der Waals surface area contributed by atoms with E-state index in [9.17, 15) is 4.79 Å². The molecule has 1 aromatic rings. The minimum Gasteiger partial charge on any atom is -0.352 e. The van der Waals surface area contributed by atoms with E-state index in [1.807, 2.05) is 6.92 Å². The van der Waals surface area contributed by atoms with Crippen LogP contribution < -0.4 is 5.32 Å². The first-order valence-electron chi connectivity index (χ1n) is 9.13. The lowest BCUT2D eigenvalue weighted by atomic mass is 10.1. The molecule has 2 fully saturated rings. The van der Waals surface area contributed by atoms with Gasteiger partial charge in [-0.3, -0.25) is 14.6 Å². The van der Waals surface area contributed by atoms with Crippen molar-refractivity contribution in [2.75, 3.05) is 26.2 Å². The van der Waals surface area contributed by atoms with Crippen molar-refractivity contribution in [2.45, 2.75) is 51.2 Å². The maximum absolute atomic E-state index is 12.4. The summed E-state index contributed by atoms with van der Waals surface area (Å²) in [4.78, 5) is 17.2. The van der Waals surface area contributed by atoms with Gasteiger partial charge in [-0.2, -0.15) is 0 Å². The smallest absolute Gasteiger partial charge is 0.237 e. The number of hydrogen-bond acceptors (Lipinski definition) is 3. The molecule has 0 radical (unpaired) electrons. The number of hydrogen-bond donors (Lipinski definition) is 1. The standard InChI is InChI=1S/C19H28BrN3O/c1-15(19(24)21-18-7-2-3-8-18)23-11-9-22(10-12-23)14-16-5-4-6-17(20)13-16/h4-6,13,15,18H,2-3,7-12,14H2,1H3,(H,21,24). The van der Waals surface area contributed by atoms with Gasteiger partial charge in [0.15, 0.2) is 0 Å². The van der Waals surface area contributed by atoms with Gasteiger partial charge in [0.1, 0.15) is 0 Å². The van der Waals surface area contributed by atoms with Gasteiger partial charge in [-0.25, -0.2) is 0 Å². The lowest BCUT2D eigenvalue weighted by Crippen LogP contribution is -2.54. The number of piperazine rings is 1. The molecule has 1 unspecified atom stereocenters. The molecule has 1 saturated heterocycles. The van der Waals surface area contributed by atoms with E-state index < -0.39 is 0 Å². The molecule has 1 aromatic carbocycles. The van der Waals surface area contributed by atoms with Crippen LogP contribution in [0.5, 0.6) is 0 Å². The Labute approximate surface area is 153 Å². The minimum atomic E-state index is -0.0152. The van der Waals surface area contributed by atoms with Gasteiger partial charge in [0.2, 0.25) is 5.91 Å². The minimum absolute atomic E-state index is 0.0152. The third-order valence-electron chi connectivity index (χ3n) is 5.33. The summed E-state index contributed by atoms with van der Waals surface area (Å²) in [6.45, 7) is 7.01. The number of carbonyl (C=O) groups excluding carboxylic acids is 1. The number of benzene rings is 1. The molecule has 24 heavy (non-hydrogen) atoms. The van der Waals surface area contributed by atoms with Crippen molar-refractivity contribution < 1.29 is 4.79 Å². The van der Waals surface area contributed by atoms with E-state index in [4.69, 9.17) is 0 Å². The number of rotatable bonds is 5. The van der Waals surface area contributed by atoms with Gasteiger partial charge in [0, 0.05) is 43.2 Å². The maximum atomic E-state index is 12.4. The van der Waals surface area contributed by atoms with E-state index >= 15 is 0 Å². The van der Waals surface area contributed by atoms with Crippen LogP contribution in [0.3, 0.4) is 0 Å². The van der Waals surface area contributed by atoms with Crippen LogP contribution in [-0.4, -0.2) is 54.0 Å². The molecule has 0 bridgehead atoms. The molecule has 3 rings (SSSR count). The van der Waals surface area contributed by atoms with Crippen LogP contribution in [0.2, 0.25) is 0 Å². The summed E-state index contributed by atoms with van der Waals surface area (Å²) in [5.74, 6) is 0.210. The summed E-state index contributed by atoms with van der Waals surface area (Å²) in [5, 5.41) is 3.23. The zero-order valence-corrected chi connectivity index (χ0v) is 16.1. The van der Waals surface area contributed by atoms with Crippen LogP contribution in [0.25, 0.3) is 0 Å². The average molecular weight is 394 g/mol. The predicted octanol–water partition coefficient (Wildman–Crippen LogP) is 3.01. The zero-order chi connectivity index (χ0) is 16.9. The second-order valence-corrected chi connectivity index (χ2v) is 8.02. The Morgan fingerprint density at radius 2 is 1.96 bits per heavy atom. The van der Waals surface area contributed by atoms with Crippen LogP contribution in [0.4, 0.5) is 0 Å². The summed E-state index contributed by atoms with van der Waals surface area (Å²) < 4.78 is 1.14. The molecule has 1 atom stereocenters. The number of amides is 1. The molecule has 1 aliphatic carbocycles. The van der Waals surface area contributed by atoms with E-state index in [2.05, 4.69) is 55.3 Å². The fraction of sp³-hybridized carbons (Fsp3) is 0.632. The molecule has 1 saturated carbocycles. The van der Waals surface area contributed by atoms with E-state index in [0.717, 1.165) is 50.0 Å². The molecule has 0 aromatic heterocycles. The van der Waals surface area contributed by atoms with E-state index in [-0.39, 0.29) is 11.9 Å². The topological polar surface area (TPSA) is 35.6 Å². The molecular weight excluding hydrogens is 366 g/mol. The summed E-state index contributed by atoms with van der Waals surface area (Å²) in [6, 6.07) is 8.91. The second-order valence-electron chi connectivity index (χ2n) is 7.11. The number of carbonyl (C=O) groups is 1. The van der Waals surface area contributed by atoms with Crippen molar-refractivity contribution >= 4 is 21.8 Å². The molecule has 5 heteroatoms. The predicted molar refractivity (Wildman–Crippen MR) is 101 cm³/mol. The third-order valence-corrected chi connectivity index (χ3v) is 5.82. The number of nitrogens with one attached hydrogen (secondary N) is 1. The summed E-state index contributed by atoms with van der Waals surface area (Å²) in [7, 11) is 0. The quantitative estimate of drug-likeness (QED) is 0.834. The lowest BCUT2D eigenvalue weighted by molar-refractivity contribution is -0.127. The fourth-order valence-corrected chi connectivity index (χ4v) is 4.21. The lowest BCUT2D eigenvalue weighted by Gasteiger charge is -2.37. The van der Waals surface area contributed by atoms with E-state index in [1.165, 1.54) is 18.4 Å². The highest BCUT2D eigenvalue weighted by molar-refractivity contribution is 9.10. The van der Waals surface area contributed by atoms with Gasteiger partial charge >= 0.3 is 0 Å². The Morgan fingerprint density at radius 1 is 1.25 bits per heavy atom. The van der Waals surface area contributed by atoms with Gasteiger partial charge in [-0.05, 0) is 37.5 Å².